The lowest BCUT2D eigenvalue weighted by Crippen LogP contribution is -2.57. The van der Waals surface area contributed by atoms with E-state index in [1.54, 1.807) is 13.1 Å². The van der Waals surface area contributed by atoms with Gasteiger partial charge in [0.2, 0.25) is 5.54 Å². The van der Waals surface area contributed by atoms with E-state index in [0.717, 1.165) is 0 Å². The van der Waals surface area contributed by atoms with Crippen LogP contribution in [0.4, 0.5) is 13.2 Å². The van der Waals surface area contributed by atoms with E-state index in [1.807, 2.05) is 6.92 Å². The highest BCUT2D eigenvalue weighted by Crippen LogP contribution is 2.53. The molecule has 0 radical (unpaired) electrons. The van der Waals surface area contributed by atoms with Crippen LogP contribution in [0.1, 0.15) is 71.1 Å². The van der Waals surface area contributed by atoms with Crippen molar-refractivity contribution in [2.75, 3.05) is 7.05 Å². The lowest BCUT2D eigenvalue weighted by atomic mass is 9.64. The molecule has 1 fully saturated rings. The van der Waals surface area contributed by atoms with Gasteiger partial charge in [0.05, 0.1) is 36.3 Å². The summed E-state index contributed by atoms with van der Waals surface area (Å²) in [6.07, 6.45) is 5.31. The average molecular weight is 561 g/mol. The van der Waals surface area contributed by atoms with Crippen molar-refractivity contribution >= 4 is 11.6 Å². The molecule has 2 N–H and O–H groups in total. The van der Waals surface area contributed by atoms with E-state index >= 15 is 4.39 Å². The number of halogens is 3. The second-order valence-electron chi connectivity index (χ2n) is 11.2. The van der Waals surface area contributed by atoms with Crippen molar-refractivity contribution in [3.05, 3.63) is 82.2 Å². The van der Waals surface area contributed by atoms with Crippen molar-refractivity contribution in [2.24, 2.45) is 5.73 Å². The summed E-state index contributed by atoms with van der Waals surface area (Å²) in [5.74, 6) is -1.27. The van der Waals surface area contributed by atoms with Crippen molar-refractivity contribution in [2.45, 2.75) is 55.8 Å². The summed E-state index contributed by atoms with van der Waals surface area (Å²) in [6.45, 7) is 6.10. The largest absolute Gasteiger partial charge is 0.434 e. The second-order valence-corrected chi connectivity index (χ2v) is 11.2. The Bertz CT molecular complexity index is 1790. The number of benzene rings is 1. The highest BCUT2D eigenvalue weighted by atomic mass is 19.3. The zero-order valence-corrected chi connectivity index (χ0v) is 22.0. The summed E-state index contributed by atoms with van der Waals surface area (Å²) < 4.78 is 48.2. The molecular weight excluding hydrogens is 537 g/mol. The van der Waals surface area contributed by atoms with Crippen LogP contribution in [-0.2, 0) is 5.54 Å². The Labute approximate surface area is 231 Å². The van der Waals surface area contributed by atoms with Crippen molar-refractivity contribution in [1.82, 2.24) is 29.5 Å². The monoisotopic (exact) mass is 560 g/mol. The van der Waals surface area contributed by atoms with E-state index in [-0.39, 0.29) is 22.9 Å². The number of carbonyl (C=O) groups excluding carboxylic acids is 1. The molecule has 1 aromatic carbocycles. The number of rotatable bonds is 4. The van der Waals surface area contributed by atoms with Crippen LogP contribution >= 0.6 is 0 Å². The van der Waals surface area contributed by atoms with Crippen LogP contribution in [0.5, 0.6) is 5.75 Å². The van der Waals surface area contributed by atoms with Gasteiger partial charge in [-0.05, 0) is 18.6 Å². The van der Waals surface area contributed by atoms with Gasteiger partial charge in [0.25, 0.3) is 5.91 Å². The molecule has 7 rings (SSSR count). The number of fused-ring (bicyclic) bond motifs is 9. The van der Waals surface area contributed by atoms with Gasteiger partial charge < -0.3 is 20.2 Å². The quantitative estimate of drug-likeness (QED) is 0.372. The van der Waals surface area contributed by atoms with E-state index in [0.29, 0.717) is 53.1 Å². The SMILES string of the molecule is [C-]#[N+]C1(C)CC(N)(c2ncc(-c3nc4c5c(nn4cc3F)[C@H]3C[C@@H]5c4c(OC(F)F)cccc4C(=O)N3C)cn2)C1. The highest BCUT2D eigenvalue weighted by Gasteiger charge is 2.58. The third-order valence-corrected chi connectivity index (χ3v) is 8.43. The maximum absolute atomic E-state index is 15.4. The van der Waals surface area contributed by atoms with E-state index in [2.05, 4.69) is 24.9 Å². The maximum atomic E-state index is 15.4. The van der Waals surface area contributed by atoms with Crippen molar-refractivity contribution in [3.63, 3.8) is 0 Å². The summed E-state index contributed by atoms with van der Waals surface area (Å²) in [4.78, 5) is 31.8. The fraction of sp³-hybridized carbons (Fsp3) is 0.357. The Kier molecular flexibility index (Phi) is 5.25. The molecule has 0 saturated heterocycles. The highest BCUT2D eigenvalue weighted by molar-refractivity contribution is 5.98. The molecule has 0 unspecified atom stereocenters. The Hall–Kier alpha value is -4.57. The van der Waals surface area contributed by atoms with Crippen LogP contribution in [-0.4, -0.2) is 54.6 Å². The Morgan fingerprint density at radius 1 is 1.22 bits per heavy atom. The molecule has 208 valence electrons. The lowest BCUT2D eigenvalue weighted by molar-refractivity contribution is -0.0505. The van der Waals surface area contributed by atoms with Gasteiger partial charge in [0.1, 0.15) is 17.3 Å². The molecule has 3 aromatic heterocycles. The minimum atomic E-state index is -3.08. The smallest absolute Gasteiger partial charge is 0.387 e. The average Bonchev–Trinajstić information content (AvgIpc) is 3.44. The first kappa shape index (κ1) is 25.4. The molecule has 1 amide bonds. The van der Waals surface area contributed by atoms with E-state index in [4.69, 9.17) is 17.0 Å². The standard InChI is InChI=1S/C28H23F3N8O2/c1-27(33-2)11-28(32,12-27)25-34-8-13(9-35-25)21-16(29)10-39-23(36-21)20-15-7-17(22(20)37-39)38(3)24(40)14-5-4-6-18(19(14)15)41-26(30)31/h4-6,8-10,15,17,26H,7,11-12,32H2,1,3H3/t15-,17-,27?,28?/m1/s1. The summed E-state index contributed by atoms with van der Waals surface area (Å²) in [5.41, 5.74) is 7.41. The first-order valence-corrected chi connectivity index (χ1v) is 13.0. The van der Waals surface area contributed by atoms with Gasteiger partial charge in [-0.2, -0.15) is 13.9 Å². The topological polar surface area (TPSA) is 116 Å². The molecule has 1 saturated carbocycles. The molecule has 4 aromatic rings. The molecule has 13 heteroatoms. The number of aromatic nitrogens is 5. The number of amides is 1. The fourth-order valence-electron chi connectivity index (χ4n) is 6.70. The Balaban J connectivity index is 1.34. The number of alkyl halides is 2. The molecule has 2 atom stereocenters. The third kappa shape index (κ3) is 3.63. The summed E-state index contributed by atoms with van der Waals surface area (Å²) in [6, 6.07) is 4.04. The molecule has 1 aliphatic heterocycles. The summed E-state index contributed by atoms with van der Waals surface area (Å²) >= 11 is 0. The van der Waals surface area contributed by atoms with Crippen molar-refractivity contribution in [1.29, 1.82) is 0 Å². The molecule has 3 aliphatic rings. The number of ether oxygens (including phenoxy) is 1. The summed E-state index contributed by atoms with van der Waals surface area (Å²) in [7, 11) is 1.63. The zero-order valence-electron chi connectivity index (χ0n) is 22.0. The summed E-state index contributed by atoms with van der Waals surface area (Å²) in [5, 5.41) is 4.57. The van der Waals surface area contributed by atoms with Crippen LogP contribution in [0.3, 0.4) is 0 Å². The molecule has 2 bridgehead atoms. The van der Waals surface area contributed by atoms with Gasteiger partial charge in [0, 0.05) is 54.5 Å². The van der Waals surface area contributed by atoms with Crippen LogP contribution in [0, 0.1) is 12.4 Å². The molecule has 0 spiro atoms. The third-order valence-electron chi connectivity index (χ3n) is 8.43. The molecular formula is C28H23F3N8O2. The van der Waals surface area contributed by atoms with Crippen LogP contribution in [0.2, 0.25) is 0 Å². The van der Waals surface area contributed by atoms with E-state index < -0.39 is 35.5 Å². The van der Waals surface area contributed by atoms with E-state index in [1.165, 1.54) is 40.1 Å². The number of hydrogen-bond donors (Lipinski definition) is 1. The van der Waals surface area contributed by atoms with Gasteiger partial charge in [-0.15, -0.1) is 0 Å². The Morgan fingerprint density at radius 3 is 2.63 bits per heavy atom. The molecule has 10 nitrogen and oxygen atoms in total. The molecule has 4 heterocycles. The zero-order chi connectivity index (χ0) is 28.8. The van der Waals surface area contributed by atoms with Gasteiger partial charge in [-0.3, -0.25) is 4.79 Å². The van der Waals surface area contributed by atoms with Crippen LogP contribution in [0.15, 0.2) is 36.8 Å². The van der Waals surface area contributed by atoms with Crippen molar-refractivity contribution < 1.29 is 22.7 Å². The van der Waals surface area contributed by atoms with Crippen molar-refractivity contribution in [3.8, 4) is 17.0 Å². The number of hydrogen-bond acceptors (Lipinski definition) is 7. The second kappa shape index (κ2) is 8.47. The predicted molar refractivity (Wildman–Crippen MR) is 138 cm³/mol. The number of nitrogens with two attached hydrogens (primary N) is 1. The van der Waals surface area contributed by atoms with E-state index in [9.17, 15) is 13.6 Å². The predicted octanol–water partition coefficient (Wildman–Crippen LogP) is 4.21. The minimum absolute atomic E-state index is 0.0153. The van der Waals surface area contributed by atoms with Crippen LogP contribution < -0.4 is 10.5 Å². The fourth-order valence-corrected chi connectivity index (χ4v) is 6.70. The first-order chi connectivity index (χ1) is 19.5. The van der Waals surface area contributed by atoms with Crippen LogP contribution in [0.25, 0.3) is 21.7 Å². The number of carbonyl (C=O) groups is 1. The van der Waals surface area contributed by atoms with Gasteiger partial charge in [-0.25, -0.2) is 30.4 Å². The number of nitrogens with zero attached hydrogens (tertiary/aromatic N) is 7. The first-order valence-electron chi connectivity index (χ1n) is 13.0. The van der Waals surface area contributed by atoms with Gasteiger partial charge >= 0.3 is 6.61 Å². The van der Waals surface area contributed by atoms with Gasteiger partial charge in [-0.1, -0.05) is 6.07 Å². The minimum Gasteiger partial charge on any atom is -0.434 e. The normalized spacial score (nSPS) is 26.4. The Morgan fingerprint density at radius 2 is 1.95 bits per heavy atom. The molecule has 2 aliphatic carbocycles. The maximum Gasteiger partial charge on any atom is 0.387 e. The lowest BCUT2D eigenvalue weighted by Gasteiger charge is -2.43. The van der Waals surface area contributed by atoms with Gasteiger partial charge in [0.15, 0.2) is 11.5 Å². The molecule has 41 heavy (non-hydrogen) atoms.